The number of hydrogen-bond acceptors (Lipinski definition) is 4. The molecule has 1 unspecified atom stereocenters. The van der Waals surface area contributed by atoms with Crippen LogP contribution in [0.1, 0.15) is 16.2 Å². The van der Waals surface area contributed by atoms with Crippen LogP contribution in [-0.4, -0.2) is 34.9 Å². The van der Waals surface area contributed by atoms with Crippen molar-refractivity contribution in [3.05, 3.63) is 21.9 Å². The zero-order chi connectivity index (χ0) is 13.5. The maximum atomic E-state index is 11.5. The van der Waals surface area contributed by atoms with Gasteiger partial charge in [-0.15, -0.1) is 11.3 Å². The summed E-state index contributed by atoms with van der Waals surface area (Å²) in [5.74, 6) is -1.16. The summed E-state index contributed by atoms with van der Waals surface area (Å²) >= 11 is 1.57. The Bertz CT molecular complexity index is 419. The Hall–Kier alpha value is -1.60. The first-order valence-corrected chi connectivity index (χ1v) is 6.28. The third kappa shape index (κ3) is 4.72. The van der Waals surface area contributed by atoms with Gasteiger partial charge in [0.05, 0.1) is 6.54 Å². The molecule has 100 valence electrons. The molecular formula is C11H16N2O4S. The average molecular weight is 272 g/mol. The first-order chi connectivity index (χ1) is 8.52. The zero-order valence-electron chi connectivity index (χ0n) is 9.97. The Morgan fingerprint density at radius 2 is 2.17 bits per heavy atom. The number of aliphatic hydroxyl groups excluding tert-OH is 1. The molecule has 7 heteroatoms. The van der Waals surface area contributed by atoms with E-state index in [1.54, 1.807) is 11.3 Å². The van der Waals surface area contributed by atoms with Crippen LogP contribution in [0.3, 0.4) is 0 Å². The van der Waals surface area contributed by atoms with Crippen molar-refractivity contribution in [2.24, 2.45) is 0 Å². The number of carbonyl (C=O) groups is 2. The summed E-state index contributed by atoms with van der Waals surface area (Å²) in [5.41, 5.74) is 0. The van der Waals surface area contributed by atoms with Gasteiger partial charge in [-0.05, 0) is 19.1 Å². The van der Waals surface area contributed by atoms with E-state index >= 15 is 0 Å². The standard InChI is InChI=1S/C11H16N2O4S/c1-7-2-3-8(18-7)6-12-11(17)13-9(4-5-14)10(15)16/h2-3,9,14H,4-6H2,1H3,(H,15,16)(H2,12,13,17). The van der Waals surface area contributed by atoms with Gasteiger partial charge in [0.15, 0.2) is 0 Å². The first-order valence-electron chi connectivity index (χ1n) is 5.46. The molecular weight excluding hydrogens is 256 g/mol. The average Bonchev–Trinajstić information content (AvgIpc) is 2.72. The van der Waals surface area contributed by atoms with Crippen molar-refractivity contribution in [1.82, 2.24) is 10.6 Å². The maximum Gasteiger partial charge on any atom is 0.326 e. The Balaban J connectivity index is 2.38. The number of carboxylic acids is 1. The largest absolute Gasteiger partial charge is 0.480 e. The normalized spacial score (nSPS) is 11.9. The number of amides is 2. The number of carboxylic acid groups (broad SMARTS) is 1. The monoisotopic (exact) mass is 272 g/mol. The van der Waals surface area contributed by atoms with Gasteiger partial charge in [-0.1, -0.05) is 0 Å². The molecule has 0 bridgehead atoms. The van der Waals surface area contributed by atoms with Crippen molar-refractivity contribution in [2.45, 2.75) is 25.9 Å². The minimum Gasteiger partial charge on any atom is -0.480 e. The van der Waals surface area contributed by atoms with Crippen LogP contribution >= 0.6 is 11.3 Å². The van der Waals surface area contributed by atoms with E-state index in [1.165, 1.54) is 0 Å². The smallest absolute Gasteiger partial charge is 0.326 e. The van der Waals surface area contributed by atoms with Gasteiger partial charge in [-0.3, -0.25) is 0 Å². The summed E-state index contributed by atoms with van der Waals surface area (Å²) in [6.45, 7) is 2.03. The predicted octanol–water partition coefficient (Wildman–Crippen LogP) is 0.691. The van der Waals surface area contributed by atoms with Crippen LogP contribution < -0.4 is 10.6 Å². The van der Waals surface area contributed by atoms with Crippen LogP contribution in [0.5, 0.6) is 0 Å². The molecule has 0 aromatic carbocycles. The second kappa shape index (κ2) is 6.97. The summed E-state index contributed by atoms with van der Waals surface area (Å²) in [5, 5.41) is 22.3. The Labute approximate surface area is 109 Å². The van der Waals surface area contributed by atoms with E-state index in [0.717, 1.165) is 9.75 Å². The second-order valence-electron chi connectivity index (χ2n) is 3.74. The Kier molecular flexibility index (Phi) is 5.60. The summed E-state index contributed by atoms with van der Waals surface area (Å²) in [6.07, 6.45) is -0.0130. The number of nitrogens with one attached hydrogen (secondary N) is 2. The lowest BCUT2D eigenvalue weighted by atomic mass is 10.2. The molecule has 2 amide bonds. The highest BCUT2D eigenvalue weighted by molar-refractivity contribution is 7.11. The van der Waals surface area contributed by atoms with Crippen LogP contribution in [0.2, 0.25) is 0 Å². The van der Waals surface area contributed by atoms with Crippen LogP contribution in [-0.2, 0) is 11.3 Å². The molecule has 6 nitrogen and oxygen atoms in total. The highest BCUT2D eigenvalue weighted by Crippen LogP contribution is 2.14. The Morgan fingerprint density at radius 3 is 2.67 bits per heavy atom. The summed E-state index contributed by atoms with van der Waals surface area (Å²) < 4.78 is 0. The molecule has 0 radical (unpaired) electrons. The summed E-state index contributed by atoms with van der Waals surface area (Å²) in [6, 6.07) is 2.23. The van der Waals surface area contributed by atoms with Gasteiger partial charge in [0, 0.05) is 22.8 Å². The van der Waals surface area contributed by atoms with Gasteiger partial charge in [0.2, 0.25) is 0 Å². The molecule has 1 aromatic rings. The molecule has 0 aliphatic rings. The highest BCUT2D eigenvalue weighted by Gasteiger charge is 2.18. The van der Waals surface area contributed by atoms with E-state index in [0.29, 0.717) is 6.54 Å². The van der Waals surface area contributed by atoms with E-state index in [-0.39, 0.29) is 13.0 Å². The molecule has 0 saturated carbocycles. The second-order valence-corrected chi connectivity index (χ2v) is 5.11. The quantitative estimate of drug-likeness (QED) is 0.612. The van der Waals surface area contributed by atoms with Gasteiger partial charge in [-0.25, -0.2) is 9.59 Å². The van der Waals surface area contributed by atoms with Crippen molar-refractivity contribution >= 4 is 23.3 Å². The lowest BCUT2D eigenvalue weighted by Crippen LogP contribution is -2.46. The van der Waals surface area contributed by atoms with Crippen molar-refractivity contribution in [1.29, 1.82) is 0 Å². The molecule has 1 atom stereocenters. The molecule has 1 aromatic heterocycles. The molecule has 0 spiro atoms. The van der Waals surface area contributed by atoms with E-state index in [4.69, 9.17) is 10.2 Å². The van der Waals surface area contributed by atoms with Crippen molar-refractivity contribution in [2.75, 3.05) is 6.61 Å². The Morgan fingerprint density at radius 1 is 1.44 bits per heavy atom. The fourth-order valence-corrected chi connectivity index (χ4v) is 2.17. The van der Waals surface area contributed by atoms with Gasteiger partial charge in [-0.2, -0.15) is 0 Å². The van der Waals surface area contributed by atoms with E-state index in [2.05, 4.69) is 10.6 Å². The fourth-order valence-electron chi connectivity index (χ4n) is 1.34. The third-order valence-electron chi connectivity index (χ3n) is 2.24. The van der Waals surface area contributed by atoms with Gasteiger partial charge in [0.1, 0.15) is 6.04 Å². The zero-order valence-corrected chi connectivity index (χ0v) is 10.8. The minimum atomic E-state index is -1.16. The number of aliphatic hydroxyl groups is 1. The number of rotatable bonds is 6. The maximum absolute atomic E-state index is 11.5. The molecule has 0 aliphatic heterocycles. The molecule has 1 heterocycles. The van der Waals surface area contributed by atoms with Crippen molar-refractivity contribution < 1.29 is 19.8 Å². The first kappa shape index (κ1) is 14.5. The topological polar surface area (TPSA) is 98.7 Å². The molecule has 18 heavy (non-hydrogen) atoms. The van der Waals surface area contributed by atoms with Gasteiger partial charge >= 0.3 is 12.0 Å². The van der Waals surface area contributed by atoms with E-state index < -0.39 is 18.0 Å². The lowest BCUT2D eigenvalue weighted by molar-refractivity contribution is -0.139. The van der Waals surface area contributed by atoms with Crippen LogP contribution in [0.4, 0.5) is 4.79 Å². The molecule has 1 rings (SSSR count). The van der Waals surface area contributed by atoms with Crippen LogP contribution in [0.15, 0.2) is 12.1 Å². The third-order valence-corrected chi connectivity index (χ3v) is 3.24. The number of urea groups is 1. The van der Waals surface area contributed by atoms with Gasteiger partial charge < -0.3 is 20.8 Å². The number of carbonyl (C=O) groups excluding carboxylic acids is 1. The highest BCUT2D eigenvalue weighted by atomic mass is 32.1. The summed E-state index contributed by atoms with van der Waals surface area (Å²) in [7, 11) is 0. The van der Waals surface area contributed by atoms with Crippen molar-refractivity contribution in [3.63, 3.8) is 0 Å². The number of aryl methyl sites for hydroxylation is 1. The lowest BCUT2D eigenvalue weighted by Gasteiger charge is -2.13. The minimum absolute atomic E-state index is 0.0130. The molecule has 4 N–H and O–H groups in total. The predicted molar refractivity (Wildman–Crippen MR) is 67.6 cm³/mol. The van der Waals surface area contributed by atoms with E-state index in [9.17, 15) is 9.59 Å². The van der Waals surface area contributed by atoms with Gasteiger partial charge in [0.25, 0.3) is 0 Å². The van der Waals surface area contributed by atoms with Crippen LogP contribution in [0.25, 0.3) is 0 Å². The fraction of sp³-hybridized carbons (Fsp3) is 0.455. The number of thiophene rings is 1. The molecule has 0 aliphatic carbocycles. The SMILES string of the molecule is Cc1ccc(CNC(=O)NC(CCO)C(=O)O)s1. The number of aliphatic carboxylic acids is 1. The van der Waals surface area contributed by atoms with Crippen molar-refractivity contribution in [3.8, 4) is 0 Å². The molecule has 0 saturated heterocycles. The van der Waals surface area contributed by atoms with E-state index in [1.807, 2.05) is 19.1 Å². The number of hydrogen-bond donors (Lipinski definition) is 4. The molecule has 0 fully saturated rings. The summed E-state index contributed by atoms with van der Waals surface area (Å²) in [4.78, 5) is 24.3. The van der Waals surface area contributed by atoms with Crippen LogP contribution in [0, 0.1) is 6.92 Å².